The second-order valence-corrected chi connectivity index (χ2v) is 7.26. The van der Waals surface area contributed by atoms with Gasteiger partial charge in [-0.2, -0.15) is 0 Å². The van der Waals surface area contributed by atoms with Crippen LogP contribution in [0.5, 0.6) is 11.5 Å². The van der Waals surface area contributed by atoms with Crippen LogP contribution in [0.15, 0.2) is 66.7 Å². The number of ether oxygens (including phenoxy) is 2. The topological polar surface area (TPSA) is 110 Å². The number of primary amides is 1. The summed E-state index contributed by atoms with van der Waals surface area (Å²) in [7, 11) is 0. The molecule has 0 bridgehead atoms. The summed E-state index contributed by atoms with van der Waals surface area (Å²) in [5, 5.41) is 15.6. The molecule has 1 aromatic heterocycles. The highest BCUT2D eigenvalue weighted by atomic mass is 16.5. The highest BCUT2D eigenvalue weighted by Crippen LogP contribution is 2.31. The van der Waals surface area contributed by atoms with Crippen molar-refractivity contribution in [1.82, 2.24) is 10.3 Å². The molecule has 0 fully saturated rings. The average molecular weight is 419 g/mol. The molecule has 7 nitrogen and oxygen atoms in total. The highest BCUT2D eigenvalue weighted by Gasteiger charge is 2.11. The Morgan fingerprint density at radius 2 is 1.77 bits per heavy atom. The Balaban J connectivity index is 1.22. The number of hydrogen-bond donors (Lipinski definition) is 4. The van der Waals surface area contributed by atoms with Gasteiger partial charge >= 0.3 is 0 Å². The van der Waals surface area contributed by atoms with Gasteiger partial charge < -0.3 is 30.6 Å². The molecule has 5 N–H and O–H groups in total. The first kappa shape index (κ1) is 20.7. The van der Waals surface area contributed by atoms with Crippen molar-refractivity contribution < 1.29 is 19.4 Å². The maximum atomic E-state index is 11.1. The zero-order chi connectivity index (χ0) is 21.6. The number of H-pyrrole nitrogens is 1. The second-order valence-electron chi connectivity index (χ2n) is 7.26. The maximum Gasteiger partial charge on any atom is 0.248 e. The first-order valence-corrected chi connectivity index (χ1v) is 10.2. The monoisotopic (exact) mass is 419 g/mol. The molecule has 1 heterocycles. The van der Waals surface area contributed by atoms with Gasteiger partial charge in [-0.15, -0.1) is 0 Å². The molecule has 0 aliphatic carbocycles. The minimum atomic E-state index is -0.658. The van der Waals surface area contributed by atoms with Crippen LogP contribution >= 0.6 is 0 Å². The van der Waals surface area contributed by atoms with Crippen molar-refractivity contribution in [3.05, 3.63) is 72.3 Å². The third-order valence-corrected chi connectivity index (χ3v) is 5.00. The molecule has 3 aromatic carbocycles. The van der Waals surface area contributed by atoms with Crippen molar-refractivity contribution >= 4 is 27.7 Å². The van der Waals surface area contributed by atoms with Gasteiger partial charge in [0.15, 0.2) is 0 Å². The van der Waals surface area contributed by atoms with Crippen LogP contribution in [0, 0.1) is 0 Å². The van der Waals surface area contributed by atoms with E-state index in [4.69, 9.17) is 15.2 Å². The van der Waals surface area contributed by atoms with Gasteiger partial charge in [-0.25, -0.2) is 0 Å². The van der Waals surface area contributed by atoms with E-state index in [1.165, 1.54) is 0 Å². The first-order chi connectivity index (χ1) is 15.1. The number of carbonyl (C=O) groups excluding carboxylic acids is 1. The number of hydrogen-bond acceptors (Lipinski definition) is 5. The van der Waals surface area contributed by atoms with E-state index in [9.17, 15) is 9.90 Å². The van der Waals surface area contributed by atoms with Crippen LogP contribution in [0.1, 0.15) is 10.4 Å². The number of carbonyl (C=O) groups is 1. The fourth-order valence-electron chi connectivity index (χ4n) is 3.44. The van der Waals surface area contributed by atoms with Crippen LogP contribution in [0.3, 0.4) is 0 Å². The van der Waals surface area contributed by atoms with Gasteiger partial charge in [-0.3, -0.25) is 4.79 Å². The predicted octanol–water partition coefficient (Wildman–Crippen LogP) is 2.83. The fourth-order valence-corrected chi connectivity index (χ4v) is 3.44. The van der Waals surface area contributed by atoms with Gasteiger partial charge in [0.2, 0.25) is 5.91 Å². The molecule has 1 atom stereocenters. The number of fused-ring (bicyclic) bond motifs is 3. The minimum Gasteiger partial charge on any atom is -0.492 e. The third-order valence-electron chi connectivity index (χ3n) is 5.00. The van der Waals surface area contributed by atoms with Crippen molar-refractivity contribution in [3.8, 4) is 11.5 Å². The number of benzene rings is 3. The molecule has 0 saturated carbocycles. The summed E-state index contributed by atoms with van der Waals surface area (Å²) in [6.45, 7) is 1.55. The van der Waals surface area contributed by atoms with Gasteiger partial charge in [-0.1, -0.05) is 30.3 Å². The summed E-state index contributed by atoms with van der Waals surface area (Å²) in [4.78, 5) is 14.5. The van der Waals surface area contributed by atoms with E-state index in [0.717, 1.165) is 27.6 Å². The van der Waals surface area contributed by atoms with Crippen LogP contribution in [0.2, 0.25) is 0 Å². The van der Waals surface area contributed by atoms with E-state index >= 15 is 0 Å². The lowest BCUT2D eigenvalue weighted by atomic mass is 10.1. The molecular weight excluding hydrogens is 394 g/mol. The van der Waals surface area contributed by atoms with Crippen molar-refractivity contribution in [2.75, 3.05) is 26.3 Å². The molecule has 0 saturated heterocycles. The number of aromatic nitrogens is 1. The molecule has 160 valence electrons. The average Bonchev–Trinajstić information content (AvgIpc) is 3.17. The van der Waals surface area contributed by atoms with E-state index in [-0.39, 0.29) is 6.61 Å². The molecule has 1 unspecified atom stereocenters. The molecule has 7 heteroatoms. The Labute approximate surface area is 179 Å². The quantitative estimate of drug-likeness (QED) is 0.296. The van der Waals surface area contributed by atoms with Crippen LogP contribution < -0.4 is 20.5 Å². The van der Waals surface area contributed by atoms with Gasteiger partial charge in [0.1, 0.15) is 30.8 Å². The van der Waals surface area contributed by atoms with Gasteiger partial charge in [0.05, 0.1) is 5.52 Å². The number of aliphatic hydroxyl groups excluding tert-OH is 1. The summed E-state index contributed by atoms with van der Waals surface area (Å²) in [5.41, 5.74) is 7.64. The van der Waals surface area contributed by atoms with Crippen LogP contribution in [0.25, 0.3) is 21.8 Å². The van der Waals surface area contributed by atoms with Crippen LogP contribution in [-0.4, -0.2) is 48.4 Å². The van der Waals surface area contributed by atoms with Gasteiger partial charge in [0, 0.05) is 34.9 Å². The summed E-state index contributed by atoms with van der Waals surface area (Å²) >= 11 is 0. The van der Waals surface area contributed by atoms with E-state index in [0.29, 0.717) is 31.0 Å². The molecule has 0 aliphatic rings. The van der Waals surface area contributed by atoms with Gasteiger partial charge in [-0.05, 0) is 36.4 Å². The number of nitrogens with two attached hydrogens (primary N) is 1. The number of nitrogens with one attached hydrogen (secondary N) is 2. The molecule has 4 rings (SSSR count). The lowest BCUT2D eigenvalue weighted by Gasteiger charge is -2.14. The predicted molar refractivity (Wildman–Crippen MR) is 121 cm³/mol. The molecular formula is C24H25N3O4. The lowest BCUT2D eigenvalue weighted by Crippen LogP contribution is -2.33. The van der Waals surface area contributed by atoms with Gasteiger partial charge in [0.25, 0.3) is 0 Å². The maximum absolute atomic E-state index is 11.1. The number of amides is 1. The van der Waals surface area contributed by atoms with E-state index in [2.05, 4.69) is 22.4 Å². The smallest absolute Gasteiger partial charge is 0.248 e. The third kappa shape index (κ3) is 4.96. The summed E-state index contributed by atoms with van der Waals surface area (Å²) in [5.74, 6) is 0.905. The van der Waals surface area contributed by atoms with Crippen LogP contribution in [0.4, 0.5) is 0 Å². The van der Waals surface area contributed by atoms with E-state index in [1.807, 2.05) is 30.3 Å². The second kappa shape index (κ2) is 9.51. The molecule has 0 spiro atoms. The largest absolute Gasteiger partial charge is 0.492 e. The zero-order valence-corrected chi connectivity index (χ0v) is 17.0. The van der Waals surface area contributed by atoms with Crippen molar-refractivity contribution in [2.45, 2.75) is 6.10 Å². The number of aliphatic hydroxyl groups is 1. The zero-order valence-electron chi connectivity index (χ0n) is 17.0. The highest BCUT2D eigenvalue weighted by molar-refractivity contribution is 6.09. The Morgan fingerprint density at radius 1 is 1.00 bits per heavy atom. The Bertz CT molecular complexity index is 1170. The van der Waals surface area contributed by atoms with Crippen molar-refractivity contribution in [2.24, 2.45) is 5.73 Å². The lowest BCUT2D eigenvalue weighted by molar-refractivity contribution is 0.1000. The summed E-state index contributed by atoms with van der Waals surface area (Å²) in [6.07, 6.45) is -0.658. The van der Waals surface area contributed by atoms with Crippen LogP contribution in [-0.2, 0) is 0 Å². The standard InChI is InChI=1S/C24H25N3O4/c25-24(29)16-8-10-18(11-9-16)30-13-12-26-14-17(28)15-31-22-7-3-5-20-19-4-1-2-6-21(19)27-23(20)22/h1-11,17,26-28H,12-15H2,(H2,25,29). The minimum absolute atomic E-state index is 0.177. The Morgan fingerprint density at radius 3 is 2.58 bits per heavy atom. The SMILES string of the molecule is NC(=O)c1ccc(OCCNCC(O)COc2cccc3c2[nH]c2ccccc23)cc1. The van der Waals surface area contributed by atoms with Crippen molar-refractivity contribution in [3.63, 3.8) is 0 Å². The summed E-state index contributed by atoms with van der Waals surface area (Å²) < 4.78 is 11.5. The number of rotatable bonds is 10. The van der Waals surface area contributed by atoms with Crippen molar-refractivity contribution in [1.29, 1.82) is 0 Å². The molecule has 0 radical (unpaired) electrons. The normalized spacial score (nSPS) is 12.2. The Hall–Kier alpha value is -3.55. The summed E-state index contributed by atoms with van der Waals surface area (Å²) in [6, 6.07) is 20.7. The Kier molecular flexibility index (Phi) is 6.35. The number of aromatic amines is 1. The molecule has 4 aromatic rings. The number of para-hydroxylation sites is 2. The van der Waals surface area contributed by atoms with E-state index < -0.39 is 12.0 Å². The molecule has 0 aliphatic heterocycles. The first-order valence-electron chi connectivity index (χ1n) is 10.2. The molecule has 31 heavy (non-hydrogen) atoms. The van der Waals surface area contributed by atoms with E-state index in [1.54, 1.807) is 24.3 Å². The molecule has 1 amide bonds. The fraction of sp³-hybridized carbons (Fsp3) is 0.208.